The largest absolute Gasteiger partial charge is 0.419 e. The number of hydrogen-bond acceptors (Lipinski definition) is 7. The van der Waals surface area contributed by atoms with E-state index >= 15 is 0 Å². The molecule has 1 aliphatic heterocycles. The van der Waals surface area contributed by atoms with E-state index in [2.05, 4.69) is 20.3 Å². The molecule has 166 valence electrons. The number of nitrogens with zero attached hydrogens (tertiary/aromatic N) is 4. The van der Waals surface area contributed by atoms with Crippen molar-refractivity contribution in [1.82, 2.24) is 14.3 Å². The van der Waals surface area contributed by atoms with Crippen LogP contribution >= 0.6 is 11.9 Å². The Morgan fingerprint density at radius 1 is 1.29 bits per heavy atom. The summed E-state index contributed by atoms with van der Waals surface area (Å²) in [5.74, 6) is -1.44. The number of aromatic nitrogens is 2. The van der Waals surface area contributed by atoms with Crippen LogP contribution in [0.5, 0.6) is 0 Å². The molecule has 3 rings (SSSR count). The van der Waals surface area contributed by atoms with Gasteiger partial charge in [0.15, 0.2) is 0 Å². The van der Waals surface area contributed by atoms with Crippen molar-refractivity contribution in [3.05, 3.63) is 53.4 Å². The number of aliphatic imine (C=N–C) groups is 1. The van der Waals surface area contributed by atoms with Gasteiger partial charge in [0.2, 0.25) is 5.82 Å². The highest BCUT2D eigenvalue weighted by atomic mass is 32.2. The number of carbonyl (C=O) groups excluding carboxylic acids is 1. The Balaban J connectivity index is 1.84. The number of rotatable bonds is 3. The van der Waals surface area contributed by atoms with Gasteiger partial charge in [0.1, 0.15) is 11.7 Å². The topological polar surface area (TPSA) is 96.5 Å². The van der Waals surface area contributed by atoms with Crippen molar-refractivity contribution in [2.24, 2.45) is 10.7 Å². The van der Waals surface area contributed by atoms with E-state index in [0.29, 0.717) is 24.8 Å². The molecule has 1 aromatic carbocycles. The summed E-state index contributed by atoms with van der Waals surface area (Å²) in [7, 11) is 1.85. The van der Waals surface area contributed by atoms with Crippen LogP contribution in [0.1, 0.15) is 41.6 Å². The van der Waals surface area contributed by atoms with E-state index in [1.54, 1.807) is 0 Å². The number of nitrogens with two attached hydrogens (primary N) is 1. The summed E-state index contributed by atoms with van der Waals surface area (Å²) in [6, 6.07) is 3.30. The molecule has 0 saturated carbocycles. The average molecular weight is 456 g/mol. The Bertz CT molecular complexity index is 1010. The van der Waals surface area contributed by atoms with Gasteiger partial charge in [0.25, 0.3) is 5.91 Å². The van der Waals surface area contributed by atoms with Gasteiger partial charge in [0.05, 0.1) is 16.4 Å². The molecule has 1 aromatic heterocycles. The first-order valence-electron chi connectivity index (χ1n) is 9.11. The lowest BCUT2D eigenvalue weighted by atomic mass is 10.0. The molecular weight excluding hydrogens is 436 g/mol. The van der Waals surface area contributed by atoms with Crippen molar-refractivity contribution in [3.8, 4) is 0 Å². The number of benzene rings is 1. The van der Waals surface area contributed by atoms with E-state index in [-0.39, 0.29) is 11.3 Å². The molecule has 31 heavy (non-hydrogen) atoms. The Labute approximate surface area is 180 Å². The van der Waals surface area contributed by atoms with Crippen LogP contribution in [0.15, 0.2) is 35.6 Å². The smallest absolute Gasteiger partial charge is 0.386 e. The Morgan fingerprint density at radius 3 is 2.55 bits per heavy atom. The highest BCUT2D eigenvalue weighted by Crippen LogP contribution is 2.35. The van der Waals surface area contributed by atoms with E-state index in [0.717, 1.165) is 0 Å². The maximum atomic E-state index is 14.6. The summed E-state index contributed by atoms with van der Waals surface area (Å²) < 4.78 is 53.9. The normalized spacial score (nSPS) is 19.5. The van der Waals surface area contributed by atoms with Crippen molar-refractivity contribution < 1.29 is 22.4 Å². The van der Waals surface area contributed by atoms with Crippen molar-refractivity contribution in [2.75, 3.05) is 18.9 Å². The quantitative estimate of drug-likeness (QED) is 0.541. The highest BCUT2D eigenvalue weighted by molar-refractivity contribution is 7.99. The van der Waals surface area contributed by atoms with Gasteiger partial charge in [-0.2, -0.15) is 13.2 Å². The lowest BCUT2D eigenvalue weighted by Gasteiger charge is -2.25. The van der Waals surface area contributed by atoms with Gasteiger partial charge in [-0.1, -0.05) is 11.9 Å². The van der Waals surface area contributed by atoms with Crippen molar-refractivity contribution in [1.29, 1.82) is 0 Å². The molecule has 0 saturated heterocycles. The van der Waals surface area contributed by atoms with Gasteiger partial charge < -0.3 is 11.1 Å². The van der Waals surface area contributed by atoms with E-state index in [9.17, 15) is 22.4 Å². The predicted molar refractivity (Wildman–Crippen MR) is 110 cm³/mol. The van der Waals surface area contributed by atoms with Crippen LogP contribution in [0.25, 0.3) is 0 Å². The number of carbonyl (C=O) groups is 1. The Morgan fingerprint density at radius 2 is 1.94 bits per heavy atom. The molecule has 1 unspecified atom stereocenters. The summed E-state index contributed by atoms with van der Waals surface area (Å²) in [5, 5.41) is 2.47. The first kappa shape index (κ1) is 22.9. The number of likely N-dealkylation sites (N-methyl/N-ethyl adjacent to an activating group) is 1. The molecule has 1 atom stereocenters. The van der Waals surface area contributed by atoms with Gasteiger partial charge in [-0.15, -0.1) is 0 Å². The number of amidine groups is 1. The first-order valence-corrected chi connectivity index (χ1v) is 9.88. The lowest BCUT2D eigenvalue weighted by Crippen LogP contribution is -2.36. The molecule has 12 heteroatoms. The third kappa shape index (κ3) is 5.31. The summed E-state index contributed by atoms with van der Waals surface area (Å²) in [4.78, 5) is 23.7. The minimum atomic E-state index is -4.61. The molecule has 0 bridgehead atoms. The third-order valence-corrected chi connectivity index (χ3v) is 5.65. The van der Waals surface area contributed by atoms with Gasteiger partial charge in [-0.05, 0) is 39.1 Å². The van der Waals surface area contributed by atoms with E-state index in [1.165, 1.54) is 30.1 Å². The van der Waals surface area contributed by atoms with E-state index < -0.39 is 40.1 Å². The molecule has 2 aromatic rings. The second kappa shape index (κ2) is 8.42. The number of amides is 1. The monoisotopic (exact) mass is 456 g/mol. The standard InChI is InChI=1S/C19H20F4N6OS/c1-18(2)17(24)28-14(9-29(3)31-18)12-6-11(4-5-13(12)20)27-16(30)15-25-7-10(8-26-15)19(21,22)23/h4-8,14H,9H2,1-3H3,(H2,24,28)(H,27,30). The van der Waals surface area contributed by atoms with E-state index in [1.807, 2.05) is 25.2 Å². The third-order valence-electron chi connectivity index (χ3n) is 4.52. The number of nitrogens with one attached hydrogen (secondary N) is 1. The van der Waals surface area contributed by atoms with Crippen molar-refractivity contribution in [3.63, 3.8) is 0 Å². The van der Waals surface area contributed by atoms with Crippen LogP contribution in [0, 0.1) is 5.82 Å². The molecule has 0 fully saturated rings. The molecule has 0 spiro atoms. The first-order chi connectivity index (χ1) is 14.4. The fourth-order valence-corrected chi connectivity index (χ4v) is 4.05. The zero-order chi connectivity index (χ0) is 23.0. The van der Waals surface area contributed by atoms with Crippen LogP contribution in [-0.4, -0.2) is 44.4 Å². The number of hydrogen-bond donors (Lipinski definition) is 2. The van der Waals surface area contributed by atoms with Gasteiger partial charge in [-0.25, -0.2) is 14.4 Å². The molecule has 0 aliphatic carbocycles. The molecule has 2 heterocycles. The summed E-state index contributed by atoms with van der Waals surface area (Å²) in [6.07, 6.45) is -3.56. The molecule has 1 amide bonds. The summed E-state index contributed by atoms with van der Waals surface area (Å²) in [5.41, 5.74) is 5.48. The van der Waals surface area contributed by atoms with Gasteiger partial charge in [0, 0.05) is 30.2 Å². The maximum Gasteiger partial charge on any atom is 0.419 e. The fourth-order valence-electron chi connectivity index (χ4n) is 2.90. The van der Waals surface area contributed by atoms with Crippen LogP contribution in [0.4, 0.5) is 23.2 Å². The number of anilines is 1. The van der Waals surface area contributed by atoms with Crippen LogP contribution in [-0.2, 0) is 6.18 Å². The lowest BCUT2D eigenvalue weighted by molar-refractivity contribution is -0.138. The van der Waals surface area contributed by atoms with Gasteiger partial charge in [-0.3, -0.25) is 14.1 Å². The molecule has 1 aliphatic rings. The summed E-state index contributed by atoms with van der Waals surface area (Å²) in [6.45, 7) is 4.20. The zero-order valence-corrected chi connectivity index (χ0v) is 17.7. The second-order valence-corrected chi connectivity index (χ2v) is 9.25. The maximum absolute atomic E-state index is 14.6. The predicted octanol–water partition coefficient (Wildman–Crippen LogP) is 3.66. The Kier molecular flexibility index (Phi) is 6.23. The molecule has 7 nitrogen and oxygen atoms in total. The second-order valence-electron chi connectivity index (χ2n) is 7.43. The van der Waals surface area contributed by atoms with Crippen LogP contribution in [0.3, 0.4) is 0 Å². The molecular formula is C19H20F4N6OS. The zero-order valence-electron chi connectivity index (χ0n) is 16.9. The Hall–Kier alpha value is -2.73. The van der Waals surface area contributed by atoms with Crippen LogP contribution < -0.4 is 11.1 Å². The van der Waals surface area contributed by atoms with Gasteiger partial charge >= 0.3 is 6.18 Å². The molecule has 0 radical (unpaired) electrons. The summed E-state index contributed by atoms with van der Waals surface area (Å²) >= 11 is 1.48. The van der Waals surface area contributed by atoms with Crippen molar-refractivity contribution >= 4 is 29.4 Å². The van der Waals surface area contributed by atoms with Crippen LogP contribution in [0.2, 0.25) is 0 Å². The minimum Gasteiger partial charge on any atom is -0.386 e. The highest BCUT2D eigenvalue weighted by Gasteiger charge is 2.33. The average Bonchev–Trinajstić information content (AvgIpc) is 2.77. The number of halogens is 4. The number of alkyl halides is 3. The van der Waals surface area contributed by atoms with E-state index in [4.69, 9.17) is 5.73 Å². The fraction of sp³-hybridized carbons (Fsp3) is 0.368. The molecule has 3 N–H and O–H groups in total. The SMILES string of the molecule is CN1CC(c2cc(NC(=O)c3ncc(C(F)(F)F)cn3)ccc2F)N=C(N)C(C)(C)S1. The minimum absolute atomic E-state index is 0.220. The van der Waals surface area contributed by atoms with Crippen molar-refractivity contribution in [2.45, 2.75) is 30.8 Å².